The lowest BCUT2D eigenvalue weighted by Gasteiger charge is -2.38. The molecule has 1 aromatic rings. The molecule has 1 aromatic carbocycles. The van der Waals surface area contributed by atoms with Crippen LogP contribution in [0.15, 0.2) is 18.2 Å². The van der Waals surface area contributed by atoms with Crippen LogP contribution in [0.3, 0.4) is 0 Å². The summed E-state index contributed by atoms with van der Waals surface area (Å²) in [5.41, 5.74) is 9.18. The van der Waals surface area contributed by atoms with Gasteiger partial charge in [-0.05, 0) is 62.4 Å². The number of rotatable bonds is 4. The quantitative estimate of drug-likeness (QED) is 0.895. The maximum atomic E-state index is 12.3. The van der Waals surface area contributed by atoms with Gasteiger partial charge in [0, 0.05) is 18.3 Å². The topological polar surface area (TPSA) is 58.4 Å². The molecule has 1 aliphatic heterocycles. The van der Waals surface area contributed by atoms with Crippen LogP contribution in [-0.4, -0.2) is 36.5 Å². The van der Waals surface area contributed by atoms with E-state index in [0.29, 0.717) is 25.0 Å². The van der Waals surface area contributed by atoms with E-state index in [-0.39, 0.29) is 18.3 Å². The minimum atomic E-state index is 0. The second-order valence-corrected chi connectivity index (χ2v) is 6.24. The number of anilines is 1. The molecule has 2 rings (SSSR count). The van der Waals surface area contributed by atoms with E-state index in [1.54, 1.807) is 0 Å². The number of hydrogen-bond acceptors (Lipinski definition) is 3. The molecule has 124 valence electrons. The molecular formula is C17H28ClN3O. The average Bonchev–Trinajstić information content (AvgIpc) is 2.43. The molecule has 0 bridgehead atoms. The van der Waals surface area contributed by atoms with Crippen LogP contribution < -0.4 is 11.1 Å². The van der Waals surface area contributed by atoms with Crippen LogP contribution in [0.5, 0.6) is 0 Å². The zero-order valence-electron chi connectivity index (χ0n) is 13.8. The first-order chi connectivity index (χ1) is 10.0. The van der Waals surface area contributed by atoms with Crippen molar-refractivity contribution < 1.29 is 4.79 Å². The molecule has 0 saturated carbocycles. The minimum Gasteiger partial charge on any atom is -0.329 e. The molecule has 2 atom stereocenters. The molecule has 2 unspecified atom stereocenters. The zero-order valence-corrected chi connectivity index (χ0v) is 14.6. The zero-order chi connectivity index (χ0) is 15.4. The largest absolute Gasteiger partial charge is 0.329 e. The Bertz CT molecular complexity index is 507. The Kier molecular flexibility index (Phi) is 7.33. The molecular weight excluding hydrogens is 298 g/mol. The Hall–Kier alpha value is -1.10. The SMILES string of the molecule is Cc1ccc(NC(=O)CN2CCCC(C)C2CN)cc1C.Cl. The van der Waals surface area contributed by atoms with Crippen molar-refractivity contribution >= 4 is 24.0 Å². The van der Waals surface area contributed by atoms with Gasteiger partial charge in [-0.3, -0.25) is 9.69 Å². The molecule has 4 nitrogen and oxygen atoms in total. The van der Waals surface area contributed by atoms with Gasteiger partial charge in [0.05, 0.1) is 6.54 Å². The lowest BCUT2D eigenvalue weighted by molar-refractivity contribution is -0.118. The van der Waals surface area contributed by atoms with E-state index in [1.165, 1.54) is 17.5 Å². The second kappa shape index (κ2) is 8.51. The molecule has 5 heteroatoms. The number of halogens is 1. The van der Waals surface area contributed by atoms with Gasteiger partial charge in [0.1, 0.15) is 0 Å². The summed E-state index contributed by atoms with van der Waals surface area (Å²) < 4.78 is 0. The van der Waals surface area contributed by atoms with Crippen LogP contribution in [-0.2, 0) is 4.79 Å². The Morgan fingerprint density at radius 3 is 2.73 bits per heavy atom. The summed E-state index contributed by atoms with van der Waals surface area (Å²) in [7, 11) is 0. The predicted octanol–water partition coefficient (Wildman–Crippen LogP) is 2.72. The highest BCUT2D eigenvalue weighted by molar-refractivity contribution is 5.92. The molecule has 1 aliphatic rings. The fourth-order valence-electron chi connectivity index (χ4n) is 3.12. The van der Waals surface area contributed by atoms with E-state index in [0.717, 1.165) is 18.7 Å². The summed E-state index contributed by atoms with van der Waals surface area (Å²) in [6.07, 6.45) is 2.35. The maximum Gasteiger partial charge on any atom is 0.238 e. The summed E-state index contributed by atoms with van der Waals surface area (Å²) in [5, 5.41) is 3.00. The van der Waals surface area contributed by atoms with Gasteiger partial charge in [-0.2, -0.15) is 0 Å². The summed E-state index contributed by atoms with van der Waals surface area (Å²) in [6, 6.07) is 6.34. The van der Waals surface area contributed by atoms with Crippen molar-refractivity contribution in [1.29, 1.82) is 0 Å². The lowest BCUT2D eigenvalue weighted by Crippen LogP contribution is -2.51. The van der Waals surface area contributed by atoms with Gasteiger partial charge in [-0.15, -0.1) is 12.4 Å². The number of nitrogens with two attached hydrogens (primary N) is 1. The fraction of sp³-hybridized carbons (Fsp3) is 0.588. The van der Waals surface area contributed by atoms with Crippen molar-refractivity contribution in [2.24, 2.45) is 11.7 Å². The van der Waals surface area contributed by atoms with Gasteiger partial charge in [0.25, 0.3) is 0 Å². The average molecular weight is 326 g/mol. The molecule has 1 amide bonds. The Morgan fingerprint density at radius 1 is 1.36 bits per heavy atom. The predicted molar refractivity (Wildman–Crippen MR) is 94.6 cm³/mol. The number of piperidine rings is 1. The lowest BCUT2D eigenvalue weighted by atomic mass is 9.91. The van der Waals surface area contributed by atoms with Gasteiger partial charge < -0.3 is 11.1 Å². The highest BCUT2D eigenvalue weighted by Crippen LogP contribution is 2.22. The van der Waals surface area contributed by atoms with Gasteiger partial charge in [-0.1, -0.05) is 13.0 Å². The molecule has 3 N–H and O–H groups in total. The standard InChI is InChI=1S/C17H27N3O.ClH/c1-12-6-7-15(9-14(12)3)19-17(21)11-20-8-4-5-13(2)16(20)10-18;/h6-7,9,13,16H,4-5,8,10-11,18H2,1-3H3,(H,19,21);1H. The van der Waals surface area contributed by atoms with Crippen molar-refractivity contribution in [3.8, 4) is 0 Å². The monoisotopic (exact) mass is 325 g/mol. The summed E-state index contributed by atoms with van der Waals surface area (Å²) >= 11 is 0. The first-order valence-electron chi connectivity index (χ1n) is 7.82. The summed E-state index contributed by atoms with van der Waals surface area (Å²) in [4.78, 5) is 14.5. The smallest absolute Gasteiger partial charge is 0.238 e. The van der Waals surface area contributed by atoms with Gasteiger partial charge >= 0.3 is 0 Å². The van der Waals surface area contributed by atoms with E-state index >= 15 is 0 Å². The second-order valence-electron chi connectivity index (χ2n) is 6.24. The van der Waals surface area contributed by atoms with Crippen LogP contribution in [0.1, 0.15) is 30.9 Å². The van der Waals surface area contributed by atoms with Crippen molar-refractivity contribution in [2.75, 3.05) is 25.0 Å². The third kappa shape index (κ3) is 4.70. The first kappa shape index (κ1) is 18.9. The van der Waals surface area contributed by atoms with Crippen LogP contribution in [0.2, 0.25) is 0 Å². The van der Waals surface area contributed by atoms with E-state index in [2.05, 4.69) is 31.0 Å². The van der Waals surface area contributed by atoms with Crippen LogP contribution in [0.25, 0.3) is 0 Å². The molecule has 1 heterocycles. The maximum absolute atomic E-state index is 12.3. The third-order valence-corrected chi connectivity index (χ3v) is 4.61. The van der Waals surface area contributed by atoms with Crippen molar-refractivity contribution in [1.82, 2.24) is 4.90 Å². The Labute approximate surface area is 139 Å². The molecule has 0 aliphatic carbocycles. The fourth-order valence-corrected chi connectivity index (χ4v) is 3.12. The molecule has 22 heavy (non-hydrogen) atoms. The van der Waals surface area contributed by atoms with Crippen molar-refractivity contribution in [2.45, 2.75) is 39.7 Å². The summed E-state index contributed by atoms with van der Waals surface area (Å²) in [6.45, 7) is 8.37. The van der Waals surface area contributed by atoms with Crippen LogP contribution in [0.4, 0.5) is 5.69 Å². The Morgan fingerprint density at radius 2 is 2.09 bits per heavy atom. The molecule has 0 spiro atoms. The normalized spacial score (nSPS) is 22.0. The number of nitrogens with one attached hydrogen (secondary N) is 1. The van der Waals surface area contributed by atoms with E-state index in [1.807, 2.05) is 18.2 Å². The minimum absolute atomic E-state index is 0. The number of benzene rings is 1. The van der Waals surface area contributed by atoms with E-state index in [4.69, 9.17) is 5.73 Å². The number of amides is 1. The van der Waals surface area contributed by atoms with Gasteiger partial charge in [-0.25, -0.2) is 0 Å². The van der Waals surface area contributed by atoms with E-state index in [9.17, 15) is 4.79 Å². The van der Waals surface area contributed by atoms with E-state index < -0.39 is 0 Å². The van der Waals surface area contributed by atoms with Crippen LogP contribution >= 0.6 is 12.4 Å². The number of likely N-dealkylation sites (tertiary alicyclic amines) is 1. The number of nitrogens with zero attached hydrogens (tertiary/aromatic N) is 1. The first-order valence-corrected chi connectivity index (χ1v) is 7.82. The van der Waals surface area contributed by atoms with Gasteiger partial charge in [0.2, 0.25) is 5.91 Å². The number of aryl methyl sites for hydroxylation is 2. The highest BCUT2D eigenvalue weighted by atomic mass is 35.5. The van der Waals surface area contributed by atoms with Crippen molar-refractivity contribution in [3.63, 3.8) is 0 Å². The molecule has 0 radical (unpaired) electrons. The number of hydrogen-bond donors (Lipinski definition) is 2. The van der Waals surface area contributed by atoms with Gasteiger partial charge in [0.15, 0.2) is 0 Å². The van der Waals surface area contributed by atoms with Crippen LogP contribution in [0, 0.1) is 19.8 Å². The van der Waals surface area contributed by atoms with Crippen molar-refractivity contribution in [3.05, 3.63) is 29.3 Å². The molecule has 1 saturated heterocycles. The molecule has 0 aromatic heterocycles. The number of carbonyl (C=O) groups is 1. The molecule has 1 fully saturated rings. The highest BCUT2D eigenvalue weighted by Gasteiger charge is 2.28. The number of carbonyl (C=O) groups excluding carboxylic acids is 1. The Balaban J connectivity index is 0.00000242. The third-order valence-electron chi connectivity index (χ3n) is 4.61. The summed E-state index contributed by atoms with van der Waals surface area (Å²) in [5.74, 6) is 0.615.